The fourth-order valence-electron chi connectivity index (χ4n) is 2.43. The second kappa shape index (κ2) is 5.59. The Hall–Kier alpha value is -0.940. The summed E-state index contributed by atoms with van der Waals surface area (Å²) in [5, 5.41) is 1.06. The summed E-state index contributed by atoms with van der Waals surface area (Å²) in [6, 6.07) is 0.273. The van der Waals surface area contributed by atoms with Crippen molar-refractivity contribution in [1.82, 2.24) is 14.8 Å². The van der Waals surface area contributed by atoms with Crippen LogP contribution >= 0.6 is 11.3 Å². The molecule has 1 unspecified atom stereocenters. The molecular formula is C14H23N3OS. The maximum absolute atomic E-state index is 12.7. The van der Waals surface area contributed by atoms with E-state index < -0.39 is 0 Å². The van der Waals surface area contributed by atoms with Crippen molar-refractivity contribution in [3.63, 3.8) is 0 Å². The molecule has 1 fully saturated rings. The van der Waals surface area contributed by atoms with Crippen molar-refractivity contribution in [2.24, 2.45) is 0 Å². The highest BCUT2D eigenvalue weighted by atomic mass is 32.1. The van der Waals surface area contributed by atoms with Crippen molar-refractivity contribution < 1.29 is 4.79 Å². The number of piperazine rings is 1. The highest BCUT2D eigenvalue weighted by Crippen LogP contribution is 2.26. The average Bonchev–Trinajstić information content (AvgIpc) is 2.71. The van der Waals surface area contributed by atoms with Crippen molar-refractivity contribution in [2.75, 3.05) is 26.7 Å². The Balaban J connectivity index is 2.19. The van der Waals surface area contributed by atoms with Crippen LogP contribution in [0.3, 0.4) is 0 Å². The fourth-order valence-corrected chi connectivity index (χ4v) is 3.46. The van der Waals surface area contributed by atoms with Gasteiger partial charge in [0.1, 0.15) is 4.88 Å². The Labute approximate surface area is 119 Å². The van der Waals surface area contributed by atoms with Crippen molar-refractivity contribution >= 4 is 17.2 Å². The van der Waals surface area contributed by atoms with Gasteiger partial charge in [-0.25, -0.2) is 4.98 Å². The minimum absolute atomic E-state index is 0.155. The second-order valence-corrected chi connectivity index (χ2v) is 6.76. The van der Waals surface area contributed by atoms with Gasteiger partial charge < -0.3 is 9.80 Å². The van der Waals surface area contributed by atoms with Gasteiger partial charge in [-0.2, -0.15) is 0 Å². The predicted molar refractivity (Wildman–Crippen MR) is 78.9 cm³/mol. The lowest BCUT2D eigenvalue weighted by molar-refractivity contribution is 0.0537. The van der Waals surface area contributed by atoms with Crippen molar-refractivity contribution in [3.8, 4) is 0 Å². The maximum Gasteiger partial charge on any atom is 0.266 e. The van der Waals surface area contributed by atoms with Crippen LogP contribution in [0.15, 0.2) is 0 Å². The van der Waals surface area contributed by atoms with Crippen LogP contribution in [-0.4, -0.2) is 53.4 Å². The molecule has 0 bridgehead atoms. The SMILES string of the molecule is Cc1nc(C(C)C)sc1C(=O)N1CCN(C)CC1C. The Morgan fingerprint density at radius 2 is 2.11 bits per heavy atom. The molecule has 1 aliphatic heterocycles. The van der Waals surface area contributed by atoms with Crippen LogP contribution in [-0.2, 0) is 0 Å². The van der Waals surface area contributed by atoms with Crippen LogP contribution in [0.4, 0.5) is 0 Å². The van der Waals surface area contributed by atoms with Gasteiger partial charge in [-0.3, -0.25) is 4.79 Å². The number of aryl methyl sites for hydroxylation is 1. The van der Waals surface area contributed by atoms with E-state index in [2.05, 4.69) is 37.7 Å². The second-order valence-electron chi connectivity index (χ2n) is 5.73. The summed E-state index contributed by atoms with van der Waals surface area (Å²) in [5.74, 6) is 0.540. The summed E-state index contributed by atoms with van der Waals surface area (Å²) >= 11 is 1.56. The number of hydrogen-bond donors (Lipinski definition) is 0. The minimum atomic E-state index is 0.155. The number of nitrogens with zero attached hydrogens (tertiary/aromatic N) is 3. The van der Waals surface area contributed by atoms with Crippen LogP contribution in [0.25, 0.3) is 0 Å². The molecule has 2 heterocycles. The number of likely N-dealkylation sites (N-methyl/N-ethyl adjacent to an activating group) is 1. The summed E-state index contributed by atoms with van der Waals surface area (Å²) in [5.41, 5.74) is 0.879. The lowest BCUT2D eigenvalue weighted by atomic mass is 10.2. The Kier molecular flexibility index (Phi) is 4.26. The topological polar surface area (TPSA) is 36.4 Å². The first kappa shape index (κ1) is 14.5. The third-order valence-corrected chi connectivity index (χ3v) is 5.04. The molecule has 106 valence electrons. The Bertz CT molecular complexity index is 469. The van der Waals surface area contributed by atoms with E-state index in [1.54, 1.807) is 11.3 Å². The summed E-state index contributed by atoms with van der Waals surface area (Å²) < 4.78 is 0. The zero-order valence-corrected chi connectivity index (χ0v) is 13.3. The van der Waals surface area contributed by atoms with Crippen LogP contribution in [0, 0.1) is 6.92 Å². The minimum Gasteiger partial charge on any atom is -0.333 e. The largest absolute Gasteiger partial charge is 0.333 e. The molecule has 0 aliphatic carbocycles. The quantitative estimate of drug-likeness (QED) is 0.835. The van der Waals surface area contributed by atoms with Gasteiger partial charge in [0.05, 0.1) is 10.7 Å². The summed E-state index contributed by atoms with van der Waals surface area (Å²) in [4.78, 5) is 22.3. The molecule has 1 aliphatic rings. The van der Waals surface area contributed by atoms with Gasteiger partial charge in [0.25, 0.3) is 5.91 Å². The third kappa shape index (κ3) is 2.98. The molecule has 2 rings (SSSR count). The van der Waals surface area contributed by atoms with Crippen LogP contribution in [0.1, 0.15) is 47.1 Å². The molecule has 19 heavy (non-hydrogen) atoms. The average molecular weight is 281 g/mol. The highest BCUT2D eigenvalue weighted by Gasteiger charge is 2.29. The summed E-state index contributed by atoms with van der Waals surface area (Å²) in [6.07, 6.45) is 0. The molecule has 1 aromatic rings. The molecule has 4 nitrogen and oxygen atoms in total. The lowest BCUT2D eigenvalue weighted by Gasteiger charge is -2.38. The first-order chi connectivity index (χ1) is 8.90. The molecule has 0 saturated carbocycles. The van der Waals surface area contributed by atoms with Gasteiger partial charge in [0.2, 0.25) is 0 Å². The first-order valence-electron chi connectivity index (χ1n) is 6.87. The molecule has 1 aromatic heterocycles. The number of aromatic nitrogens is 1. The van der Waals surface area contributed by atoms with Crippen molar-refractivity contribution in [1.29, 1.82) is 0 Å². The van der Waals surface area contributed by atoms with Gasteiger partial charge in [0.15, 0.2) is 0 Å². The monoisotopic (exact) mass is 281 g/mol. The smallest absolute Gasteiger partial charge is 0.266 e. The third-order valence-electron chi connectivity index (χ3n) is 3.59. The van der Waals surface area contributed by atoms with Gasteiger partial charge in [0, 0.05) is 31.6 Å². The zero-order chi connectivity index (χ0) is 14.2. The van der Waals surface area contributed by atoms with Gasteiger partial charge >= 0.3 is 0 Å². The molecule has 1 amide bonds. The van der Waals surface area contributed by atoms with Gasteiger partial charge in [-0.05, 0) is 20.9 Å². The van der Waals surface area contributed by atoms with Crippen molar-refractivity contribution in [2.45, 2.75) is 39.7 Å². The molecule has 1 saturated heterocycles. The molecule has 5 heteroatoms. The van der Waals surface area contributed by atoms with Gasteiger partial charge in [-0.1, -0.05) is 13.8 Å². The van der Waals surface area contributed by atoms with E-state index in [-0.39, 0.29) is 11.9 Å². The summed E-state index contributed by atoms with van der Waals surface area (Å²) in [6.45, 7) is 11.0. The Morgan fingerprint density at radius 3 is 2.63 bits per heavy atom. The molecule has 0 radical (unpaired) electrons. The molecular weight excluding hydrogens is 258 g/mol. The number of rotatable bonds is 2. The number of hydrogen-bond acceptors (Lipinski definition) is 4. The van der Waals surface area contributed by atoms with E-state index in [0.717, 1.165) is 35.2 Å². The van der Waals surface area contributed by atoms with Crippen LogP contribution < -0.4 is 0 Å². The molecule has 0 N–H and O–H groups in total. The number of thiazole rings is 1. The Morgan fingerprint density at radius 1 is 1.42 bits per heavy atom. The predicted octanol–water partition coefficient (Wildman–Crippen LogP) is 2.35. The fraction of sp³-hybridized carbons (Fsp3) is 0.714. The number of carbonyl (C=O) groups is 1. The van der Waals surface area contributed by atoms with E-state index in [9.17, 15) is 4.79 Å². The molecule has 1 atom stereocenters. The number of amides is 1. The van der Waals surface area contributed by atoms with E-state index >= 15 is 0 Å². The van der Waals surface area contributed by atoms with E-state index in [1.165, 1.54) is 0 Å². The molecule has 0 spiro atoms. The maximum atomic E-state index is 12.7. The van der Waals surface area contributed by atoms with Gasteiger partial charge in [-0.15, -0.1) is 11.3 Å². The number of carbonyl (C=O) groups excluding carboxylic acids is 1. The lowest BCUT2D eigenvalue weighted by Crippen LogP contribution is -2.52. The standard InChI is InChI=1S/C14H23N3OS/c1-9(2)13-15-11(4)12(19-13)14(18)17-7-6-16(5)8-10(17)3/h9-10H,6-8H2,1-5H3. The highest BCUT2D eigenvalue weighted by molar-refractivity contribution is 7.13. The van der Waals surface area contributed by atoms with Crippen LogP contribution in [0.5, 0.6) is 0 Å². The van der Waals surface area contributed by atoms with Crippen molar-refractivity contribution in [3.05, 3.63) is 15.6 Å². The summed E-state index contributed by atoms with van der Waals surface area (Å²) in [7, 11) is 2.10. The van der Waals surface area contributed by atoms with Crippen LogP contribution in [0.2, 0.25) is 0 Å². The van der Waals surface area contributed by atoms with E-state index in [4.69, 9.17) is 0 Å². The van der Waals surface area contributed by atoms with E-state index in [1.807, 2.05) is 11.8 Å². The zero-order valence-electron chi connectivity index (χ0n) is 12.4. The first-order valence-corrected chi connectivity index (χ1v) is 7.68. The normalized spacial score (nSPS) is 21.2. The van der Waals surface area contributed by atoms with E-state index in [0.29, 0.717) is 5.92 Å². The molecule has 0 aromatic carbocycles.